The van der Waals surface area contributed by atoms with Gasteiger partial charge in [0, 0.05) is 19.8 Å². The van der Waals surface area contributed by atoms with Gasteiger partial charge >= 0.3 is 0 Å². The molecule has 2 nitrogen and oxygen atoms in total. The molecule has 1 aromatic rings. The van der Waals surface area contributed by atoms with Gasteiger partial charge in [0.1, 0.15) is 5.82 Å². The molecule has 0 spiro atoms. The molecule has 0 fully saturated rings. The van der Waals surface area contributed by atoms with Crippen molar-refractivity contribution in [2.24, 2.45) is 0 Å². The summed E-state index contributed by atoms with van der Waals surface area (Å²) in [5.41, 5.74) is 0. The van der Waals surface area contributed by atoms with Crippen LogP contribution in [0.5, 0.6) is 0 Å². The first kappa shape index (κ1) is 7.79. The molecular weight excluding hydrogens is 136 g/mol. The van der Waals surface area contributed by atoms with Crippen LogP contribution >= 0.6 is 0 Å². The summed E-state index contributed by atoms with van der Waals surface area (Å²) in [6, 6.07) is 5.86. The number of hydrogen-bond donors (Lipinski definition) is 0. The van der Waals surface area contributed by atoms with Crippen LogP contribution in [0.15, 0.2) is 37.1 Å². The van der Waals surface area contributed by atoms with Crippen LogP contribution in [0.1, 0.15) is 0 Å². The standard InChI is InChI=1S/C9H12N2/c1-3-8-11(2)9-6-4-5-7-10-9/h3-7H,1,8H2,2H3. The smallest absolute Gasteiger partial charge is 0.128 e. The van der Waals surface area contributed by atoms with Gasteiger partial charge in [-0.05, 0) is 12.1 Å². The van der Waals surface area contributed by atoms with E-state index in [-0.39, 0.29) is 0 Å². The molecule has 0 unspecified atom stereocenters. The van der Waals surface area contributed by atoms with Gasteiger partial charge in [0.15, 0.2) is 0 Å². The lowest BCUT2D eigenvalue weighted by Gasteiger charge is -2.14. The Morgan fingerprint density at radius 2 is 2.45 bits per heavy atom. The first-order chi connectivity index (χ1) is 5.34. The van der Waals surface area contributed by atoms with Gasteiger partial charge in [-0.25, -0.2) is 4.98 Å². The predicted octanol–water partition coefficient (Wildman–Crippen LogP) is 1.70. The summed E-state index contributed by atoms with van der Waals surface area (Å²) in [4.78, 5) is 6.21. The minimum Gasteiger partial charge on any atom is -0.356 e. The van der Waals surface area contributed by atoms with Crippen molar-refractivity contribution >= 4 is 5.82 Å². The normalized spacial score (nSPS) is 9.18. The Bertz CT molecular complexity index is 218. The molecule has 1 aromatic heterocycles. The van der Waals surface area contributed by atoms with Gasteiger partial charge in [0.2, 0.25) is 0 Å². The van der Waals surface area contributed by atoms with Crippen molar-refractivity contribution in [2.45, 2.75) is 0 Å². The zero-order chi connectivity index (χ0) is 8.10. The van der Waals surface area contributed by atoms with Gasteiger partial charge < -0.3 is 4.90 Å². The van der Waals surface area contributed by atoms with E-state index >= 15 is 0 Å². The summed E-state index contributed by atoms with van der Waals surface area (Å²) in [5, 5.41) is 0. The molecule has 0 aromatic carbocycles. The van der Waals surface area contributed by atoms with Gasteiger partial charge in [0.05, 0.1) is 0 Å². The molecule has 0 radical (unpaired) electrons. The third kappa shape index (κ3) is 2.08. The molecule has 58 valence electrons. The molecular formula is C9H12N2. The van der Waals surface area contributed by atoms with E-state index < -0.39 is 0 Å². The van der Waals surface area contributed by atoms with Crippen molar-refractivity contribution in [3.05, 3.63) is 37.1 Å². The average Bonchev–Trinajstić information content (AvgIpc) is 2.07. The number of anilines is 1. The Kier molecular flexibility index (Phi) is 2.66. The summed E-state index contributed by atoms with van der Waals surface area (Å²) in [6.45, 7) is 4.49. The summed E-state index contributed by atoms with van der Waals surface area (Å²) < 4.78 is 0. The number of rotatable bonds is 3. The SMILES string of the molecule is C=CCN(C)c1ccccn1. The molecule has 0 saturated heterocycles. The first-order valence-electron chi connectivity index (χ1n) is 3.57. The highest BCUT2D eigenvalue weighted by molar-refractivity contribution is 5.36. The zero-order valence-corrected chi connectivity index (χ0v) is 6.70. The lowest BCUT2D eigenvalue weighted by molar-refractivity contribution is 0.992. The van der Waals surface area contributed by atoms with Crippen LogP contribution in [0.3, 0.4) is 0 Å². The van der Waals surface area contributed by atoms with Crippen molar-refractivity contribution in [3.63, 3.8) is 0 Å². The molecule has 0 saturated carbocycles. The van der Waals surface area contributed by atoms with Crippen LogP contribution in [-0.4, -0.2) is 18.6 Å². The molecule has 1 heterocycles. The maximum absolute atomic E-state index is 4.18. The number of hydrogen-bond acceptors (Lipinski definition) is 2. The Hall–Kier alpha value is -1.31. The van der Waals surface area contributed by atoms with Gasteiger partial charge in [0.25, 0.3) is 0 Å². The Balaban J connectivity index is 2.68. The van der Waals surface area contributed by atoms with Crippen LogP contribution in [-0.2, 0) is 0 Å². The second kappa shape index (κ2) is 3.76. The molecule has 2 heteroatoms. The van der Waals surface area contributed by atoms with Crippen LogP contribution in [0, 0.1) is 0 Å². The number of aromatic nitrogens is 1. The minimum atomic E-state index is 0.830. The fraction of sp³-hybridized carbons (Fsp3) is 0.222. The summed E-state index contributed by atoms with van der Waals surface area (Å²) >= 11 is 0. The van der Waals surface area contributed by atoms with E-state index in [4.69, 9.17) is 0 Å². The lowest BCUT2D eigenvalue weighted by atomic mass is 10.4. The molecule has 11 heavy (non-hydrogen) atoms. The van der Waals surface area contributed by atoms with E-state index in [1.54, 1.807) is 6.20 Å². The highest BCUT2D eigenvalue weighted by Gasteiger charge is 1.95. The van der Waals surface area contributed by atoms with Crippen molar-refractivity contribution < 1.29 is 0 Å². The van der Waals surface area contributed by atoms with Crippen molar-refractivity contribution in [1.29, 1.82) is 0 Å². The molecule has 0 aliphatic heterocycles. The van der Waals surface area contributed by atoms with Gasteiger partial charge in [-0.15, -0.1) is 6.58 Å². The second-order valence-corrected chi connectivity index (χ2v) is 2.36. The Morgan fingerprint density at radius 1 is 1.64 bits per heavy atom. The van der Waals surface area contributed by atoms with Gasteiger partial charge in [-0.1, -0.05) is 12.1 Å². The summed E-state index contributed by atoms with van der Waals surface area (Å²) in [5.74, 6) is 0.979. The van der Waals surface area contributed by atoms with E-state index in [0.717, 1.165) is 12.4 Å². The van der Waals surface area contributed by atoms with E-state index in [0.29, 0.717) is 0 Å². The van der Waals surface area contributed by atoms with E-state index in [1.165, 1.54) is 0 Å². The summed E-state index contributed by atoms with van der Waals surface area (Å²) in [6.07, 6.45) is 3.64. The minimum absolute atomic E-state index is 0.830. The summed E-state index contributed by atoms with van der Waals surface area (Å²) in [7, 11) is 1.99. The molecule has 0 aliphatic rings. The molecule has 0 amide bonds. The van der Waals surface area contributed by atoms with Crippen molar-refractivity contribution in [3.8, 4) is 0 Å². The third-order valence-corrected chi connectivity index (χ3v) is 1.44. The lowest BCUT2D eigenvalue weighted by Crippen LogP contribution is -2.17. The number of likely N-dealkylation sites (N-methyl/N-ethyl adjacent to an activating group) is 1. The molecule has 0 bridgehead atoms. The van der Waals surface area contributed by atoms with Crippen LogP contribution in [0.25, 0.3) is 0 Å². The maximum atomic E-state index is 4.18. The monoisotopic (exact) mass is 148 g/mol. The third-order valence-electron chi connectivity index (χ3n) is 1.44. The van der Waals surface area contributed by atoms with Crippen LogP contribution < -0.4 is 4.90 Å². The first-order valence-corrected chi connectivity index (χ1v) is 3.57. The Morgan fingerprint density at radius 3 is 3.00 bits per heavy atom. The molecule has 0 atom stereocenters. The quantitative estimate of drug-likeness (QED) is 0.606. The second-order valence-electron chi connectivity index (χ2n) is 2.36. The number of nitrogens with zero attached hydrogens (tertiary/aromatic N) is 2. The van der Waals surface area contributed by atoms with Crippen molar-refractivity contribution in [2.75, 3.05) is 18.5 Å². The Labute approximate surface area is 67.2 Å². The van der Waals surface area contributed by atoms with Crippen molar-refractivity contribution in [1.82, 2.24) is 4.98 Å². The van der Waals surface area contributed by atoms with Gasteiger partial charge in [-0.3, -0.25) is 0 Å². The van der Waals surface area contributed by atoms with E-state index in [9.17, 15) is 0 Å². The fourth-order valence-corrected chi connectivity index (χ4v) is 0.867. The highest BCUT2D eigenvalue weighted by Crippen LogP contribution is 2.05. The highest BCUT2D eigenvalue weighted by atomic mass is 15.1. The fourth-order valence-electron chi connectivity index (χ4n) is 0.867. The van der Waals surface area contributed by atoms with E-state index in [1.807, 2.05) is 36.2 Å². The average molecular weight is 148 g/mol. The number of pyridine rings is 1. The topological polar surface area (TPSA) is 16.1 Å². The van der Waals surface area contributed by atoms with Crippen LogP contribution in [0.2, 0.25) is 0 Å². The molecule has 0 aliphatic carbocycles. The largest absolute Gasteiger partial charge is 0.356 e. The molecule has 0 N–H and O–H groups in total. The van der Waals surface area contributed by atoms with Crippen LogP contribution in [0.4, 0.5) is 5.82 Å². The van der Waals surface area contributed by atoms with Gasteiger partial charge in [-0.2, -0.15) is 0 Å². The van der Waals surface area contributed by atoms with E-state index in [2.05, 4.69) is 11.6 Å². The zero-order valence-electron chi connectivity index (χ0n) is 6.70. The molecule has 1 rings (SSSR count). The maximum Gasteiger partial charge on any atom is 0.128 e. The predicted molar refractivity (Wildman–Crippen MR) is 47.7 cm³/mol.